The molecule has 0 N–H and O–H groups in total. The van der Waals surface area contributed by atoms with Crippen LogP contribution in [-0.2, 0) is 20.7 Å². The summed E-state index contributed by atoms with van der Waals surface area (Å²) < 4.78 is 38.9. The number of benzene rings is 1. The first-order valence-electron chi connectivity index (χ1n) is 9.31. The number of amides is 1. The normalized spacial score (nSPS) is 29.6. The Hall–Kier alpha value is -1.57. The van der Waals surface area contributed by atoms with Crippen molar-refractivity contribution < 1.29 is 23.0 Å². The van der Waals surface area contributed by atoms with Crippen LogP contribution in [-0.4, -0.2) is 73.3 Å². The Balaban J connectivity index is 1.51. The zero-order valence-corrected chi connectivity index (χ0v) is 14.7. The fourth-order valence-electron chi connectivity index (χ4n) is 4.40. The van der Waals surface area contributed by atoms with Gasteiger partial charge in [-0.25, -0.2) is 8.78 Å². The summed E-state index contributed by atoms with van der Waals surface area (Å²) in [7, 11) is 0. The fraction of sp³-hybridized carbons (Fsp3) is 0.632. The predicted molar refractivity (Wildman–Crippen MR) is 90.7 cm³/mol. The third-order valence-corrected chi connectivity index (χ3v) is 5.71. The summed E-state index contributed by atoms with van der Waals surface area (Å²) in [4.78, 5) is 17.1. The van der Waals surface area contributed by atoms with Gasteiger partial charge in [0.25, 0.3) is 0 Å². The van der Waals surface area contributed by atoms with Crippen molar-refractivity contribution >= 4 is 5.91 Å². The fourth-order valence-corrected chi connectivity index (χ4v) is 4.40. The minimum Gasteiger partial charge on any atom is -0.379 e. The van der Waals surface area contributed by atoms with Crippen LogP contribution < -0.4 is 0 Å². The van der Waals surface area contributed by atoms with Crippen molar-refractivity contribution in [2.75, 3.05) is 39.5 Å². The van der Waals surface area contributed by atoms with Gasteiger partial charge in [0.1, 0.15) is 0 Å². The third-order valence-electron chi connectivity index (χ3n) is 5.71. The molecule has 0 aliphatic carbocycles. The lowest BCUT2D eigenvalue weighted by Gasteiger charge is -2.37. The van der Waals surface area contributed by atoms with Crippen molar-refractivity contribution in [3.8, 4) is 0 Å². The standard InChI is InChI=1S/C19H24F2N2O3/c20-14-4-1-3-13(18(14)21)11-17(24)23-12-16(22-6-9-25-10-7-22)19-15(23)5-2-8-26-19/h1,3-4,15-16,19H,2,5-12H2/t15-,16-,19+/m0/s1. The number of hydrogen-bond acceptors (Lipinski definition) is 4. The molecule has 0 saturated carbocycles. The number of hydrogen-bond donors (Lipinski definition) is 0. The Labute approximate surface area is 151 Å². The van der Waals surface area contributed by atoms with Crippen molar-refractivity contribution in [1.82, 2.24) is 9.80 Å². The minimum atomic E-state index is -0.929. The van der Waals surface area contributed by atoms with E-state index in [9.17, 15) is 13.6 Å². The molecule has 3 fully saturated rings. The van der Waals surface area contributed by atoms with Crippen LogP contribution in [0.4, 0.5) is 8.78 Å². The quantitative estimate of drug-likeness (QED) is 0.815. The average Bonchev–Trinajstić information content (AvgIpc) is 3.06. The maximum Gasteiger partial charge on any atom is 0.227 e. The van der Waals surface area contributed by atoms with E-state index in [1.54, 1.807) is 0 Å². The Bertz CT molecular complexity index is 666. The molecule has 5 nitrogen and oxygen atoms in total. The number of rotatable bonds is 3. The number of nitrogens with zero attached hydrogens (tertiary/aromatic N) is 2. The lowest BCUT2D eigenvalue weighted by atomic mass is 9.99. The first-order chi connectivity index (χ1) is 12.6. The van der Waals surface area contributed by atoms with Crippen LogP contribution in [0.5, 0.6) is 0 Å². The van der Waals surface area contributed by atoms with E-state index in [0.717, 1.165) is 32.0 Å². The molecule has 3 aliphatic heterocycles. The maximum absolute atomic E-state index is 14.0. The van der Waals surface area contributed by atoms with Crippen LogP contribution in [0, 0.1) is 11.6 Å². The summed E-state index contributed by atoms with van der Waals surface area (Å²) in [6, 6.07) is 4.14. The first kappa shape index (κ1) is 17.8. The number of morpholine rings is 1. The Morgan fingerprint density at radius 3 is 2.77 bits per heavy atom. The van der Waals surface area contributed by atoms with E-state index < -0.39 is 11.6 Å². The zero-order chi connectivity index (χ0) is 18.1. The van der Waals surface area contributed by atoms with E-state index in [1.165, 1.54) is 12.1 Å². The maximum atomic E-state index is 14.0. The number of likely N-dealkylation sites (tertiary alicyclic amines) is 1. The van der Waals surface area contributed by atoms with Gasteiger partial charge >= 0.3 is 0 Å². The molecule has 4 rings (SSSR count). The first-order valence-corrected chi connectivity index (χ1v) is 9.31. The number of ether oxygens (including phenoxy) is 2. The zero-order valence-electron chi connectivity index (χ0n) is 14.7. The summed E-state index contributed by atoms with van der Waals surface area (Å²) in [6.07, 6.45) is 1.67. The van der Waals surface area contributed by atoms with Crippen LogP contribution >= 0.6 is 0 Å². The smallest absolute Gasteiger partial charge is 0.227 e. The second kappa shape index (κ2) is 7.58. The highest BCUT2D eigenvalue weighted by molar-refractivity contribution is 5.79. The van der Waals surface area contributed by atoms with E-state index in [4.69, 9.17) is 9.47 Å². The average molecular weight is 366 g/mol. The van der Waals surface area contributed by atoms with Crippen LogP contribution in [0.2, 0.25) is 0 Å². The van der Waals surface area contributed by atoms with Gasteiger partial charge in [-0.05, 0) is 18.9 Å². The molecule has 3 atom stereocenters. The van der Waals surface area contributed by atoms with E-state index in [0.29, 0.717) is 26.4 Å². The molecular weight excluding hydrogens is 342 g/mol. The van der Waals surface area contributed by atoms with Crippen molar-refractivity contribution in [2.45, 2.75) is 37.5 Å². The lowest BCUT2D eigenvalue weighted by molar-refractivity contribution is -0.134. The predicted octanol–water partition coefficient (Wildman–Crippen LogP) is 1.60. The molecule has 3 aliphatic rings. The van der Waals surface area contributed by atoms with E-state index >= 15 is 0 Å². The largest absolute Gasteiger partial charge is 0.379 e. The molecular formula is C19H24F2N2O3. The van der Waals surface area contributed by atoms with Crippen LogP contribution in [0.25, 0.3) is 0 Å². The van der Waals surface area contributed by atoms with Crippen molar-refractivity contribution in [2.24, 2.45) is 0 Å². The third kappa shape index (κ3) is 3.35. The summed E-state index contributed by atoms with van der Waals surface area (Å²) in [6.45, 7) is 4.33. The molecule has 1 aromatic carbocycles. The summed E-state index contributed by atoms with van der Waals surface area (Å²) in [5.41, 5.74) is 0.109. The van der Waals surface area contributed by atoms with Gasteiger partial charge < -0.3 is 14.4 Å². The number of carbonyl (C=O) groups is 1. The molecule has 0 bridgehead atoms. The van der Waals surface area contributed by atoms with Crippen LogP contribution in [0.3, 0.4) is 0 Å². The molecule has 26 heavy (non-hydrogen) atoms. The van der Waals surface area contributed by atoms with Crippen molar-refractivity contribution in [3.05, 3.63) is 35.4 Å². The van der Waals surface area contributed by atoms with Gasteiger partial charge in [-0.3, -0.25) is 9.69 Å². The van der Waals surface area contributed by atoms with Crippen molar-refractivity contribution in [3.63, 3.8) is 0 Å². The van der Waals surface area contributed by atoms with Gasteiger partial charge in [0.2, 0.25) is 5.91 Å². The summed E-state index contributed by atoms with van der Waals surface area (Å²) in [5.74, 6) is -2.01. The number of halogens is 2. The van der Waals surface area contributed by atoms with Crippen LogP contribution in [0.1, 0.15) is 18.4 Å². The van der Waals surface area contributed by atoms with Gasteiger partial charge in [0.05, 0.1) is 37.8 Å². The Kier molecular flexibility index (Phi) is 5.20. The van der Waals surface area contributed by atoms with Gasteiger partial charge in [-0.1, -0.05) is 12.1 Å². The Morgan fingerprint density at radius 1 is 1.15 bits per heavy atom. The van der Waals surface area contributed by atoms with Gasteiger partial charge in [0, 0.05) is 31.8 Å². The molecule has 0 spiro atoms. The summed E-state index contributed by atoms with van der Waals surface area (Å²) in [5, 5.41) is 0. The van der Waals surface area contributed by atoms with E-state index in [-0.39, 0.29) is 36.1 Å². The second-order valence-corrected chi connectivity index (χ2v) is 7.20. The Morgan fingerprint density at radius 2 is 1.96 bits per heavy atom. The van der Waals surface area contributed by atoms with Gasteiger partial charge in [-0.15, -0.1) is 0 Å². The minimum absolute atomic E-state index is 0.0110. The molecule has 142 valence electrons. The van der Waals surface area contributed by atoms with Crippen LogP contribution in [0.15, 0.2) is 18.2 Å². The highest BCUT2D eigenvalue weighted by Crippen LogP contribution is 2.32. The molecule has 3 saturated heterocycles. The molecule has 1 aromatic rings. The highest BCUT2D eigenvalue weighted by Gasteiger charge is 2.48. The molecule has 7 heteroatoms. The van der Waals surface area contributed by atoms with Gasteiger partial charge in [0.15, 0.2) is 11.6 Å². The van der Waals surface area contributed by atoms with E-state index in [2.05, 4.69) is 4.90 Å². The molecule has 3 heterocycles. The number of fused-ring (bicyclic) bond motifs is 1. The van der Waals surface area contributed by atoms with E-state index in [1.807, 2.05) is 4.90 Å². The van der Waals surface area contributed by atoms with Crippen molar-refractivity contribution in [1.29, 1.82) is 0 Å². The topological polar surface area (TPSA) is 42.0 Å². The molecule has 0 aromatic heterocycles. The monoisotopic (exact) mass is 366 g/mol. The SMILES string of the molecule is O=C(Cc1cccc(F)c1F)N1C[C@H](N2CCOCC2)[C@@H]2OCCC[C@@H]21. The molecule has 1 amide bonds. The van der Waals surface area contributed by atoms with Gasteiger partial charge in [-0.2, -0.15) is 0 Å². The second-order valence-electron chi connectivity index (χ2n) is 7.20. The number of carbonyl (C=O) groups excluding carboxylic acids is 1. The molecule has 0 unspecified atom stereocenters. The summed E-state index contributed by atoms with van der Waals surface area (Å²) >= 11 is 0. The molecule has 0 radical (unpaired) electrons. The highest BCUT2D eigenvalue weighted by atomic mass is 19.2. The lowest BCUT2D eigenvalue weighted by Crippen LogP contribution is -2.51.